The van der Waals surface area contributed by atoms with Crippen LogP contribution < -0.4 is 5.32 Å². The van der Waals surface area contributed by atoms with Crippen LogP contribution in [0.4, 0.5) is 0 Å². The molecule has 3 unspecified atom stereocenters. The lowest BCUT2D eigenvalue weighted by Gasteiger charge is -2.24. The number of carbonyl (C=O) groups excluding carboxylic acids is 2. The van der Waals surface area contributed by atoms with Crippen LogP contribution in [0.25, 0.3) is 0 Å². The van der Waals surface area contributed by atoms with Crippen molar-refractivity contribution in [3.05, 3.63) is 60.8 Å². The average molecular weight is 911 g/mol. The van der Waals surface area contributed by atoms with Crippen LogP contribution in [0, 0.1) is 0 Å². The molecular weight excluding hydrogens is 803 g/mol. The molecule has 0 heterocycles. The molecule has 0 saturated carbocycles. The third-order valence-electron chi connectivity index (χ3n) is 12.7. The molecule has 3 N–H and O–H groups in total. The Hall–Kier alpha value is -2.44. The van der Waals surface area contributed by atoms with E-state index in [1.807, 2.05) is 36.5 Å². The number of carbonyl (C=O) groups is 2. The summed E-state index contributed by atoms with van der Waals surface area (Å²) in [5.74, 6) is -0.507. The van der Waals surface area contributed by atoms with Crippen LogP contribution in [0.3, 0.4) is 0 Å². The molecule has 6 heteroatoms. The molecule has 1 amide bonds. The third-order valence-corrected chi connectivity index (χ3v) is 12.7. The normalized spacial score (nSPS) is 13.6. The van der Waals surface area contributed by atoms with E-state index in [0.29, 0.717) is 19.3 Å². The van der Waals surface area contributed by atoms with E-state index >= 15 is 0 Å². The smallest absolute Gasteiger partial charge is 0.306 e. The molecule has 0 aromatic carbocycles. The maximum Gasteiger partial charge on any atom is 0.306 e. The van der Waals surface area contributed by atoms with Crippen molar-refractivity contribution in [1.29, 1.82) is 0 Å². The minimum Gasteiger partial charge on any atom is -0.462 e. The van der Waals surface area contributed by atoms with Gasteiger partial charge in [-0.2, -0.15) is 0 Å². The van der Waals surface area contributed by atoms with Crippen LogP contribution >= 0.6 is 0 Å². The van der Waals surface area contributed by atoms with E-state index in [0.717, 1.165) is 70.6 Å². The summed E-state index contributed by atoms with van der Waals surface area (Å²) in [6.07, 6.45) is 65.6. The van der Waals surface area contributed by atoms with Gasteiger partial charge in [0, 0.05) is 6.42 Å². The highest BCUT2D eigenvalue weighted by Gasteiger charge is 2.24. The van der Waals surface area contributed by atoms with E-state index < -0.39 is 18.2 Å². The fourth-order valence-corrected chi connectivity index (χ4v) is 8.46. The monoisotopic (exact) mass is 910 g/mol. The lowest BCUT2D eigenvalue weighted by atomic mass is 10.0. The lowest BCUT2D eigenvalue weighted by molar-refractivity contribution is -0.151. The molecule has 6 nitrogen and oxygen atoms in total. The van der Waals surface area contributed by atoms with Gasteiger partial charge in [-0.3, -0.25) is 9.59 Å². The van der Waals surface area contributed by atoms with E-state index in [1.54, 1.807) is 0 Å². The van der Waals surface area contributed by atoms with Crippen molar-refractivity contribution >= 4 is 11.9 Å². The molecule has 3 atom stereocenters. The van der Waals surface area contributed by atoms with Crippen molar-refractivity contribution in [3.63, 3.8) is 0 Å². The zero-order valence-electron chi connectivity index (χ0n) is 43.1. The number of esters is 1. The van der Waals surface area contributed by atoms with E-state index in [2.05, 4.69) is 50.4 Å². The van der Waals surface area contributed by atoms with E-state index in [9.17, 15) is 19.8 Å². The van der Waals surface area contributed by atoms with Crippen molar-refractivity contribution in [2.24, 2.45) is 0 Å². The van der Waals surface area contributed by atoms with Gasteiger partial charge in [0.1, 0.15) is 6.10 Å². The zero-order chi connectivity index (χ0) is 47.4. The van der Waals surface area contributed by atoms with Crippen LogP contribution in [0.5, 0.6) is 0 Å². The molecule has 0 aliphatic carbocycles. The standard InChI is InChI=1S/C59H107NO5/c1-4-7-10-13-16-19-22-25-27-29-31-34-36-39-42-45-48-51-57(62)56(54-61)60-58(63)53-55(50-47-44-41-38-35-33-30-28-26-23-20-17-14-11-8-5-2)65-59(64)52-49-46-43-40-37-32-24-21-18-15-12-9-6-3/h11,14,17,20,23,26,28,30,33,35,55-57,61-62H,4-10,12-13,15-16,18-19,21-22,24-25,27,29,31-32,34,36-54H2,1-3H3,(H,60,63)/b14-11+,20-17+,26-23+,30-28+,35-33+. The van der Waals surface area contributed by atoms with Gasteiger partial charge in [0.25, 0.3) is 0 Å². The highest BCUT2D eigenvalue weighted by atomic mass is 16.5. The van der Waals surface area contributed by atoms with Crippen molar-refractivity contribution < 1.29 is 24.5 Å². The molecule has 0 fully saturated rings. The fraction of sp³-hybridized carbons (Fsp3) is 0.797. The van der Waals surface area contributed by atoms with Crippen LogP contribution in [0.1, 0.15) is 278 Å². The van der Waals surface area contributed by atoms with E-state index in [1.165, 1.54) is 161 Å². The second-order valence-corrected chi connectivity index (χ2v) is 19.1. The number of aliphatic hydroxyl groups excluding tert-OH is 2. The Morgan fingerprint density at radius 1 is 0.446 bits per heavy atom. The van der Waals surface area contributed by atoms with Gasteiger partial charge in [-0.05, 0) is 44.9 Å². The third kappa shape index (κ3) is 47.8. The van der Waals surface area contributed by atoms with Crippen molar-refractivity contribution in [3.8, 4) is 0 Å². The molecule has 0 spiro atoms. The molecule has 0 radical (unpaired) electrons. The Bertz CT molecular complexity index is 1160. The quantitative estimate of drug-likeness (QED) is 0.0321. The number of amides is 1. The first kappa shape index (κ1) is 62.6. The molecule has 378 valence electrons. The maximum absolute atomic E-state index is 13.2. The predicted octanol–water partition coefficient (Wildman–Crippen LogP) is 17.2. The van der Waals surface area contributed by atoms with E-state index in [-0.39, 0.29) is 24.9 Å². The summed E-state index contributed by atoms with van der Waals surface area (Å²) in [6.45, 7) is 6.41. The summed E-state index contributed by atoms with van der Waals surface area (Å²) in [4.78, 5) is 26.2. The minimum absolute atomic E-state index is 0.0507. The topological polar surface area (TPSA) is 95.9 Å². The molecule has 65 heavy (non-hydrogen) atoms. The Morgan fingerprint density at radius 2 is 0.815 bits per heavy atom. The molecule has 0 saturated heterocycles. The Morgan fingerprint density at radius 3 is 1.25 bits per heavy atom. The van der Waals surface area contributed by atoms with Crippen LogP contribution in [0.15, 0.2) is 60.8 Å². The largest absolute Gasteiger partial charge is 0.462 e. The van der Waals surface area contributed by atoms with Crippen molar-refractivity contribution in [2.75, 3.05) is 6.61 Å². The van der Waals surface area contributed by atoms with Gasteiger partial charge in [0.2, 0.25) is 5.91 Å². The van der Waals surface area contributed by atoms with Gasteiger partial charge in [0.15, 0.2) is 0 Å². The Kier molecular flexibility index (Phi) is 50.6. The first-order valence-corrected chi connectivity index (χ1v) is 28.1. The summed E-state index contributed by atoms with van der Waals surface area (Å²) in [5, 5.41) is 23.9. The molecule has 0 aliphatic heterocycles. The van der Waals surface area contributed by atoms with Crippen molar-refractivity contribution in [1.82, 2.24) is 5.32 Å². The summed E-state index contributed by atoms with van der Waals surface area (Å²) < 4.78 is 5.93. The first-order valence-electron chi connectivity index (χ1n) is 28.1. The van der Waals surface area contributed by atoms with Crippen molar-refractivity contribution in [2.45, 2.75) is 296 Å². The first-order chi connectivity index (χ1) is 32.0. The highest BCUT2D eigenvalue weighted by Crippen LogP contribution is 2.18. The zero-order valence-corrected chi connectivity index (χ0v) is 43.1. The van der Waals surface area contributed by atoms with Gasteiger partial charge in [0.05, 0.1) is 25.2 Å². The van der Waals surface area contributed by atoms with Gasteiger partial charge in [-0.15, -0.1) is 0 Å². The number of hydrogen-bond donors (Lipinski definition) is 3. The average Bonchev–Trinajstić information content (AvgIpc) is 3.30. The maximum atomic E-state index is 13.2. The number of unbranched alkanes of at least 4 members (excludes halogenated alkanes) is 32. The van der Waals surface area contributed by atoms with Crippen LogP contribution in [-0.2, 0) is 14.3 Å². The molecule has 0 bridgehead atoms. The van der Waals surface area contributed by atoms with Crippen LogP contribution in [0.2, 0.25) is 0 Å². The number of aliphatic hydroxyl groups is 2. The lowest BCUT2D eigenvalue weighted by Crippen LogP contribution is -2.46. The number of nitrogens with one attached hydrogen (secondary N) is 1. The second-order valence-electron chi connectivity index (χ2n) is 19.1. The summed E-state index contributed by atoms with van der Waals surface area (Å²) in [6, 6.07) is -0.716. The minimum atomic E-state index is -0.801. The summed E-state index contributed by atoms with van der Waals surface area (Å²) in [7, 11) is 0. The molecule has 0 rings (SSSR count). The number of ether oxygens (including phenoxy) is 1. The van der Waals surface area contributed by atoms with Gasteiger partial charge < -0.3 is 20.3 Å². The van der Waals surface area contributed by atoms with Gasteiger partial charge in [-0.25, -0.2) is 0 Å². The second kappa shape index (κ2) is 52.5. The van der Waals surface area contributed by atoms with Gasteiger partial charge in [-0.1, -0.05) is 281 Å². The molecule has 0 aromatic heterocycles. The summed E-state index contributed by atoms with van der Waals surface area (Å²) >= 11 is 0. The van der Waals surface area contributed by atoms with E-state index in [4.69, 9.17) is 4.74 Å². The summed E-state index contributed by atoms with van der Waals surface area (Å²) in [5.41, 5.74) is 0. The Balaban J connectivity index is 4.61. The fourth-order valence-electron chi connectivity index (χ4n) is 8.46. The van der Waals surface area contributed by atoms with Crippen LogP contribution in [-0.4, -0.2) is 46.9 Å². The number of hydrogen-bond acceptors (Lipinski definition) is 5. The Labute approximate surface area is 403 Å². The number of rotatable bonds is 50. The SMILES string of the molecule is CCC/C=C/C=C/C=C/C=C/C=C/CCCCCC(CC(=O)NC(CO)C(O)CCCCCCCCCCCCCCCCCCC)OC(=O)CCCCCCCCCCCCCCC. The number of allylic oxidation sites excluding steroid dienone is 10. The molecule has 0 aliphatic rings. The highest BCUT2D eigenvalue weighted by molar-refractivity contribution is 5.77. The molecular formula is C59H107NO5. The molecule has 0 aromatic rings. The van der Waals surface area contributed by atoms with Gasteiger partial charge >= 0.3 is 5.97 Å². The predicted molar refractivity (Wildman–Crippen MR) is 282 cm³/mol.